The normalized spacial score (nSPS) is 10.4. The summed E-state index contributed by atoms with van der Waals surface area (Å²) in [4.78, 5) is 22.9. The molecule has 1 aromatic carbocycles. The van der Waals surface area contributed by atoms with E-state index in [0.717, 1.165) is 12.1 Å². The van der Waals surface area contributed by atoms with Crippen molar-refractivity contribution in [2.45, 2.75) is 33.6 Å². The van der Waals surface area contributed by atoms with E-state index in [4.69, 9.17) is 0 Å². The predicted molar refractivity (Wildman–Crippen MR) is 68.9 cm³/mol. The maximum Gasteiger partial charge on any atom is 0.231 e. The van der Waals surface area contributed by atoms with Crippen molar-refractivity contribution in [1.29, 1.82) is 0 Å². The Morgan fingerprint density at radius 1 is 1.18 bits per heavy atom. The lowest BCUT2D eigenvalue weighted by Gasteiger charge is -2.07. The molecular formula is C14H19NO2. The van der Waals surface area contributed by atoms with E-state index in [1.807, 2.05) is 24.3 Å². The number of anilines is 1. The van der Waals surface area contributed by atoms with Gasteiger partial charge in [-0.2, -0.15) is 0 Å². The second-order valence-corrected chi connectivity index (χ2v) is 4.40. The molecule has 92 valence electrons. The Labute approximate surface area is 102 Å². The highest BCUT2D eigenvalue weighted by Crippen LogP contribution is 2.10. The third-order valence-corrected chi connectivity index (χ3v) is 2.62. The molecule has 0 unspecified atom stereocenters. The first-order valence-corrected chi connectivity index (χ1v) is 5.94. The van der Waals surface area contributed by atoms with Crippen molar-refractivity contribution in [3.05, 3.63) is 29.8 Å². The first kappa shape index (κ1) is 13.4. The number of rotatable bonds is 5. The minimum atomic E-state index is -0.243. The summed E-state index contributed by atoms with van der Waals surface area (Å²) in [5.74, 6) is -0.371. The van der Waals surface area contributed by atoms with Gasteiger partial charge in [-0.3, -0.25) is 9.59 Å². The molecule has 0 saturated heterocycles. The van der Waals surface area contributed by atoms with Crippen LogP contribution in [0.15, 0.2) is 24.3 Å². The van der Waals surface area contributed by atoms with Crippen LogP contribution in [0.2, 0.25) is 0 Å². The highest BCUT2D eigenvalue weighted by Gasteiger charge is 2.12. The Kier molecular flexibility index (Phi) is 4.88. The Morgan fingerprint density at radius 3 is 2.24 bits per heavy atom. The van der Waals surface area contributed by atoms with E-state index in [1.54, 1.807) is 13.8 Å². The second kappa shape index (κ2) is 6.18. The third kappa shape index (κ3) is 4.39. The number of benzene rings is 1. The SMILES string of the molecule is CCc1ccc(NC(=O)CC(=O)C(C)C)cc1. The van der Waals surface area contributed by atoms with Crippen molar-refractivity contribution in [3.63, 3.8) is 0 Å². The molecule has 0 aliphatic carbocycles. The Balaban J connectivity index is 2.53. The van der Waals surface area contributed by atoms with Gasteiger partial charge in [-0.05, 0) is 24.1 Å². The van der Waals surface area contributed by atoms with Gasteiger partial charge in [-0.25, -0.2) is 0 Å². The van der Waals surface area contributed by atoms with Gasteiger partial charge in [0.1, 0.15) is 5.78 Å². The molecule has 0 radical (unpaired) electrons. The summed E-state index contributed by atoms with van der Waals surface area (Å²) in [6.07, 6.45) is 0.924. The lowest BCUT2D eigenvalue weighted by molar-refractivity contribution is -0.127. The van der Waals surface area contributed by atoms with Gasteiger partial charge < -0.3 is 5.32 Å². The number of carbonyl (C=O) groups excluding carboxylic acids is 2. The van der Waals surface area contributed by atoms with Crippen LogP contribution >= 0.6 is 0 Å². The van der Waals surface area contributed by atoms with Crippen molar-refractivity contribution in [3.8, 4) is 0 Å². The van der Waals surface area contributed by atoms with Gasteiger partial charge in [0.15, 0.2) is 0 Å². The minimum Gasteiger partial charge on any atom is -0.326 e. The van der Waals surface area contributed by atoms with Crippen LogP contribution in [0.5, 0.6) is 0 Å². The van der Waals surface area contributed by atoms with E-state index in [9.17, 15) is 9.59 Å². The molecule has 0 bridgehead atoms. The largest absolute Gasteiger partial charge is 0.326 e. The quantitative estimate of drug-likeness (QED) is 0.795. The van der Waals surface area contributed by atoms with E-state index in [-0.39, 0.29) is 24.0 Å². The molecule has 1 amide bonds. The molecule has 17 heavy (non-hydrogen) atoms. The van der Waals surface area contributed by atoms with Crippen molar-refractivity contribution in [2.24, 2.45) is 5.92 Å². The molecule has 1 aromatic rings. The molecule has 0 aliphatic rings. The molecule has 3 heteroatoms. The summed E-state index contributed by atoms with van der Waals surface area (Å²) in [6.45, 7) is 5.67. The summed E-state index contributed by atoms with van der Waals surface area (Å²) in [6, 6.07) is 7.66. The Morgan fingerprint density at radius 2 is 1.76 bits per heavy atom. The molecule has 3 nitrogen and oxygen atoms in total. The van der Waals surface area contributed by atoms with E-state index in [0.29, 0.717) is 0 Å². The van der Waals surface area contributed by atoms with Crippen molar-refractivity contribution >= 4 is 17.4 Å². The fraction of sp³-hybridized carbons (Fsp3) is 0.429. The highest BCUT2D eigenvalue weighted by molar-refractivity contribution is 6.04. The zero-order valence-corrected chi connectivity index (χ0v) is 10.6. The van der Waals surface area contributed by atoms with Crippen LogP contribution in [0.4, 0.5) is 5.69 Å². The van der Waals surface area contributed by atoms with Gasteiger partial charge in [-0.1, -0.05) is 32.9 Å². The average Bonchev–Trinajstić information content (AvgIpc) is 2.29. The maximum atomic E-state index is 11.5. The fourth-order valence-corrected chi connectivity index (χ4v) is 1.39. The summed E-state index contributed by atoms with van der Waals surface area (Å²) in [7, 11) is 0. The van der Waals surface area contributed by atoms with Gasteiger partial charge in [0.05, 0.1) is 6.42 Å². The standard InChI is InChI=1S/C14H19NO2/c1-4-11-5-7-12(8-6-11)15-14(17)9-13(16)10(2)3/h5-8,10H,4,9H2,1-3H3,(H,15,17). The molecular weight excluding hydrogens is 214 g/mol. The first-order chi connectivity index (χ1) is 8.02. The molecule has 0 heterocycles. The second-order valence-electron chi connectivity index (χ2n) is 4.40. The topological polar surface area (TPSA) is 46.2 Å². The molecule has 0 spiro atoms. The van der Waals surface area contributed by atoms with Crippen LogP contribution in [-0.4, -0.2) is 11.7 Å². The van der Waals surface area contributed by atoms with Gasteiger partial charge >= 0.3 is 0 Å². The van der Waals surface area contributed by atoms with Gasteiger partial charge in [0, 0.05) is 11.6 Å². The van der Waals surface area contributed by atoms with Crippen LogP contribution in [-0.2, 0) is 16.0 Å². The van der Waals surface area contributed by atoms with E-state index < -0.39 is 0 Å². The predicted octanol–water partition coefficient (Wildman–Crippen LogP) is 2.80. The number of hydrogen-bond acceptors (Lipinski definition) is 2. The molecule has 0 saturated carbocycles. The Hall–Kier alpha value is -1.64. The van der Waals surface area contributed by atoms with Crippen LogP contribution < -0.4 is 5.32 Å². The number of carbonyl (C=O) groups is 2. The first-order valence-electron chi connectivity index (χ1n) is 5.94. The third-order valence-electron chi connectivity index (χ3n) is 2.62. The number of amides is 1. The monoisotopic (exact) mass is 233 g/mol. The lowest BCUT2D eigenvalue weighted by Crippen LogP contribution is -2.19. The summed E-state index contributed by atoms with van der Waals surface area (Å²) in [5.41, 5.74) is 1.96. The molecule has 0 fully saturated rings. The van der Waals surface area contributed by atoms with E-state index >= 15 is 0 Å². The highest BCUT2D eigenvalue weighted by atomic mass is 16.2. The zero-order valence-electron chi connectivity index (χ0n) is 10.6. The van der Waals surface area contributed by atoms with E-state index in [2.05, 4.69) is 12.2 Å². The number of hydrogen-bond donors (Lipinski definition) is 1. The Bertz CT molecular complexity index is 393. The minimum absolute atomic E-state index is 0.0346. The summed E-state index contributed by atoms with van der Waals surface area (Å²) < 4.78 is 0. The average molecular weight is 233 g/mol. The van der Waals surface area contributed by atoms with Crippen molar-refractivity contribution in [1.82, 2.24) is 0 Å². The maximum absolute atomic E-state index is 11.5. The van der Waals surface area contributed by atoms with Crippen LogP contribution in [0.25, 0.3) is 0 Å². The smallest absolute Gasteiger partial charge is 0.231 e. The summed E-state index contributed by atoms with van der Waals surface area (Å²) >= 11 is 0. The number of aryl methyl sites for hydroxylation is 1. The molecule has 1 rings (SSSR count). The van der Waals surface area contributed by atoms with Crippen molar-refractivity contribution in [2.75, 3.05) is 5.32 Å². The van der Waals surface area contributed by atoms with Gasteiger partial charge in [0.25, 0.3) is 0 Å². The molecule has 0 aliphatic heterocycles. The number of ketones is 1. The zero-order chi connectivity index (χ0) is 12.8. The number of Topliss-reactive ketones (excluding diaryl/α,β-unsaturated/α-hetero) is 1. The molecule has 0 atom stereocenters. The van der Waals surface area contributed by atoms with Crippen molar-refractivity contribution < 1.29 is 9.59 Å². The molecule has 0 aromatic heterocycles. The van der Waals surface area contributed by atoms with Crippen LogP contribution in [0.1, 0.15) is 32.8 Å². The number of nitrogens with one attached hydrogen (secondary N) is 1. The van der Waals surface area contributed by atoms with Gasteiger partial charge in [0.2, 0.25) is 5.91 Å². The molecule has 1 N–H and O–H groups in total. The fourth-order valence-electron chi connectivity index (χ4n) is 1.39. The van der Waals surface area contributed by atoms with E-state index in [1.165, 1.54) is 5.56 Å². The lowest BCUT2D eigenvalue weighted by atomic mass is 10.1. The van der Waals surface area contributed by atoms with Crippen LogP contribution in [0.3, 0.4) is 0 Å². The van der Waals surface area contributed by atoms with Crippen LogP contribution in [0, 0.1) is 5.92 Å². The summed E-state index contributed by atoms with van der Waals surface area (Å²) in [5, 5.41) is 2.72. The van der Waals surface area contributed by atoms with Gasteiger partial charge in [-0.15, -0.1) is 0 Å².